The average Bonchev–Trinajstić information content (AvgIpc) is 3.29. The lowest BCUT2D eigenvalue weighted by atomic mass is 9.79. The number of nitrogens with one attached hydrogen (secondary N) is 1. The number of rotatable bonds is 8. The molecule has 1 aliphatic carbocycles. The lowest BCUT2D eigenvalue weighted by Gasteiger charge is -2.33. The average molecular weight is 500 g/mol. The Labute approximate surface area is 211 Å². The number of hydrogen-bond acceptors (Lipinski definition) is 8. The van der Waals surface area contributed by atoms with E-state index < -0.39 is 17.7 Å². The van der Waals surface area contributed by atoms with E-state index in [2.05, 4.69) is 5.32 Å². The molecule has 0 fully saturated rings. The minimum atomic E-state index is -0.649. The highest BCUT2D eigenvalue weighted by Gasteiger charge is 2.35. The summed E-state index contributed by atoms with van der Waals surface area (Å²) in [6, 6.07) is 7.18. The molecular formula is C27H33NO8. The highest BCUT2D eigenvalue weighted by Crippen LogP contribution is 2.47. The Morgan fingerprint density at radius 1 is 1.06 bits per heavy atom. The van der Waals surface area contributed by atoms with Crippen LogP contribution in [0.15, 0.2) is 30.3 Å². The van der Waals surface area contributed by atoms with Crippen molar-refractivity contribution in [1.82, 2.24) is 5.32 Å². The van der Waals surface area contributed by atoms with E-state index >= 15 is 0 Å². The normalized spacial score (nSPS) is 17.9. The van der Waals surface area contributed by atoms with Gasteiger partial charge in [0, 0.05) is 18.6 Å². The van der Waals surface area contributed by atoms with Gasteiger partial charge in [0.25, 0.3) is 0 Å². The molecule has 0 aromatic heterocycles. The quantitative estimate of drug-likeness (QED) is 0.404. The second kappa shape index (κ2) is 10.7. The van der Waals surface area contributed by atoms with Crippen LogP contribution in [0.2, 0.25) is 0 Å². The molecule has 1 N–H and O–H groups in total. The van der Waals surface area contributed by atoms with Gasteiger partial charge >= 0.3 is 6.09 Å². The van der Waals surface area contributed by atoms with Crippen LogP contribution in [0.25, 0.3) is 6.08 Å². The topological polar surface area (TPSA) is 93.7 Å². The Morgan fingerprint density at radius 3 is 2.47 bits per heavy atom. The summed E-state index contributed by atoms with van der Waals surface area (Å²) < 4.78 is 38.9. The van der Waals surface area contributed by atoms with Crippen LogP contribution in [0.4, 0.5) is 4.79 Å². The van der Waals surface area contributed by atoms with Crippen LogP contribution in [0.1, 0.15) is 55.0 Å². The predicted molar refractivity (Wildman–Crippen MR) is 133 cm³/mol. The summed E-state index contributed by atoms with van der Waals surface area (Å²) in [5, 5.41) is 3.09. The maximum absolute atomic E-state index is 13.0. The Morgan fingerprint density at radius 2 is 1.81 bits per heavy atom. The fourth-order valence-electron chi connectivity index (χ4n) is 4.48. The van der Waals surface area contributed by atoms with E-state index in [4.69, 9.17) is 33.2 Å². The van der Waals surface area contributed by atoms with Crippen molar-refractivity contribution >= 4 is 12.2 Å². The Kier molecular flexibility index (Phi) is 7.61. The van der Waals surface area contributed by atoms with Crippen LogP contribution < -0.4 is 24.3 Å². The molecule has 2 atom stereocenters. The summed E-state index contributed by atoms with van der Waals surface area (Å²) in [6.07, 6.45) is 3.55. The van der Waals surface area contributed by atoms with E-state index in [0.29, 0.717) is 23.0 Å². The van der Waals surface area contributed by atoms with E-state index in [-0.39, 0.29) is 26.1 Å². The number of hydrogen-bond donors (Lipinski definition) is 1. The van der Waals surface area contributed by atoms with Crippen molar-refractivity contribution in [3.05, 3.63) is 52.6 Å². The van der Waals surface area contributed by atoms with Gasteiger partial charge in [0.1, 0.15) is 12.4 Å². The molecule has 1 aliphatic heterocycles. The zero-order valence-corrected chi connectivity index (χ0v) is 21.5. The van der Waals surface area contributed by atoms with Crippen LogP contribution >= 0.6 is 0 Å². The van der Waals surface area contributed by atoms with Crippen molar-refractivity contribution < 1.29 is 38.0 Å². The maximum atomic E-state index is 13.0. The van der Waals surface area contributed by atoms with Crippen LogP contribution in [0, 0.1) is 0 Å². The van der Waals surface area contributed by atoms with Gasteiger partial charge in [0.2, 0.25) is 6.79 Å². The first-order chi connectivity index (χ1) is 17.3. The summed E-state index contributed by atoms with van der Waals surface area (Å²) in [5.41, 5.74) is 2.86. The molecule has 0 saturated heterocycles. The largest absolute Gasteiger partial charge is 0.493 e. The summed E-state index contributed by atoms with van der Waals surface area (Å²) in [4.78, 5) is 13.0. The third-order valence-corrected chi connectivity index (χ3v) is 5.92. The van der Waals surface area contributed by atoms with Gasteiger partial charge in [-0.2, -0.15) is 0 Å². The summed E-state index contributed by atoms with van der Waals surface area (Å²) in [6.45, 7) is 5.99. The number of methoxy groups -OCH3 is 3. The van der Waals surface area contributed by atoms with Gasteiger partial charge < -0.3 is 38.5 Å². The molecule has 0 unspecified atom stereocenters. The molecule has 36 heavy (non-hydrogen) atoms. The molecule has 194 valence electrons. The van der Waals surface area contributed by atoms with Crippen molar-refractivity contribution in [2.24, 2.45) is 0 Å². The van der Waals surface area contributed by atoms with Crippen LogP contribution in [0.3, 0.4) is 0 Å². The van der Waals surface area contributed by atoms with Gasteiger partial charge in [-0.1, -0.05) is 18.2 Å². The van der Waals surface area contributed by atoms with Crippen LogP contribution in [0.5, 0.6) is 23.0 Å². The summed E-state index contributed by atoms with van der Waals surface area (Å²) in [5.74, 6) is 2.18. The van der Waals surface area contributed by atoms with Gasteiger partial charge in [0.05, 0.1) is 26.9 Å². The molecular weight excluding hydrogens is 466 g/mol. The zero-order chi connectivity index (χ0) is 25.9. The first-order valence-corrected chi connectivity index (χ1v) is 11.7. The van der Waals surface area contributed by atoms with E-state index in [1.165, 1.54) is 0 Å². The summed E-state index contributed by atoms with van der Waals surface area (Å²) >= 11 is 0. The molecule has 1 heterocycles. The molecule has 4 rings (SSSR count). The standard InChI is InChI=1S/C27H33NO8/c1-27(2,3)36-26(29)28-24-18(8-7-16-11-22-23(12-19(16)24)35-15-34-22)17-9-10-21(31-5)25(32-6)20(17)13-33-14-30-4/h7-12,18,24H,13-15H2,1-6H3,(H,28,29)/t18-,24+/m1/s1. The predicted octanol–water partition coefficient (Wildman–Crippen LogP) is 4.93. The second-order valence-corrected chi connectivity index (χ2v) is 9.47. The van der Waals surface area contributed by atoms with Crippen LogP contribution in [-0.4, -0.2) is 46.6 Å². The van der Waals surface area contributed by atoms with Crippen molar-refractivity contribution in [3.8, 4) is 23.0 Å². The lowest BCUT2D eigenvalue weighted by Crippen LogP contribution is -2.38. The third kappa shape index (κ3) is 5.37. The summed E-state index contributed by atoms with van der Waals surface area (Å²) in [7, 11) is 4.74. The first-order valence-electron chi connectivity index (χ1n) is 11.7. The molecule has 9 nitrogen and oxygen atoms in total. The highest BCUT2D eigenvalue weighted by molar-refractivity contribution is 5.72. The van der Waals surface area contributed by atoms with Gasteiger partial charge in [-0.15, -0.1) is 0 Å². The SMILES string of the molecule is COCOCc1c([C@H]2C=Cc3cc4c(cc3[C@H]2NC(=O)OC(C)(C)C)OCO4)ccc(OC)c1OC. The third-order valence-electron chi connectivity index (χ3n) is 5.92. The van der Waals surface area contributed by atoms with Gasteiger partial charge in [0.15, 0.2) is 23.0 Å². The molecule has 2 aromatic rings. The maximum Gasteiger partial charge on any atom is 0.408 e. The van der Waals surface area contributed by atoms with E-state index in [1.54, 1.807) is 21.3 Å². The molecule has 1 amide bonds. The molecule has 2 aliphatic rings. The Balaban J connectivity index is 1.80. The molecule has 2 aromatic carbocycles. The van der Waals surface area contributed by atoms with E-state index in [9.17, 15) is 4.79 Å². The molecule has 9 heteroatoms. The molecule has 0 bridgehead atoms. The van der Waals surface area contributed by atoms with E-state index in [1.807, 2.05) is 57.2 Å². The lowest BCUT2D eigenvalue weighted by molar-refractivity contribution is -0.0398. The zero-order valence-electron chi connectivity index (χ0n) is 21.5. The fourth-order valence-corrected chi connectivity index (χ4v) is 4.48. The number of fused-ring (bicyclic) bond motifs is 2. The first kappa shape index (κ1) is 25.7. The van der Waals surface area contributed by atoms with Crippen molar-refractivity contribution in [1.29, 1.82) is 0 Å². The number of alkyl carbamates (subject to hydrolysis) is 1. The van der Waals surface area contributed by atoms with Gasteiger partial charge in [-0.05, 0) is 55.7 Å². The minimum absolute atomic E-state index is 0.117. The number of benzene rings is 2. The fraction of sp³-hybridized carbons (Fsp3) is 0.444. The van der Waals surface area contributed by atoms with Crippen molar-refractivity contribution in [2.75, 3.05) is 34.9 Å². The second-order valence-electron chi connectivity index (χ2n) is 9.47. The number of amides is 1. The Bertz CT molecular complexity index is 1140. The van der Waals surface area contributed by atoms with E-state index in [0.717, 1.165) is 22.3 Å². The molecule has 0 spiro atoms. The number of carbonyl (C=O) groups is 1. The number of carbonyl (C=O) groups excluding carboxylic acids is 1. The smallest absolute Gasteiger partial charge is 0.408 e. The van der Waals surface area contributed by atoms with Crippen molar-refractivity contribution in [2.45, 2.75) is 44.9 Å². The van der Waals surface area contributed by atoms with Gasteiger partial charge in [-0.25, -0.2) is 4.79 Å². The molecule has 0 radical (unpaired) electrons. The number of ether oxygens (including phenoxy) is 7. The van der Waals surface area contributed by atoms with Crippen LogP contribution in [-0.2, 0) is 20.8 Å². The Hall–Kier alpha value is -3.43. The highest BCUT2D eigenvalue weighted by atomic mass is 16.7. The monoisotopic (exact) mass is 499 g/mol. The minimum Gasteiger partial charge on any atom is -0.493 e. The molecule has 0 saturated carbocycles. The van der Waals surface area contributed by atoms with Crippen molar-refractivity contribution in [3.63, 3.8) is 0 Å². The van der Waals surface area contributed by atoms with Gasteiger partial charge in [-0.3, -0.25) is 0 Å².